The van der Waals surface area contributed by atoms with Crippen LogP contribution in [0.4, 0.5) is 5.69 Å². The fraction of sp³-hybridized carbons (Fsp3) is 0.167. The molecule has 3 nitrogen and oxygen atoms in total. The lowest BCUT2D eigenvalue weighted by Gasteiger charge is -2.09. The molecule has 0 spiro atoms. The minimum absolute atomic E-state index is 0.648. The average Bonchev–Trinajstić information content (AvgIpc) is 2.32. The van der Waals surface area contributed by atoms with Crippen LogP contribution in [0.15, 0.2) is 36.8 Å². The van der Waals surface area contributed by atoms with Crippen LogP contribution >= 0.6 is 11.6 Å². The molecule has 0 amide bonds. The van der Waals surface area contributed by atoms with Crippen molar-refractivity contribution in [1.82, 2.24) is 9.97 Å². The number of nitrogens with zero attached hydrogens (tertiary/aromatic N) is 2. The van der Waals surface area contributed by atoms with Crippen LogP contribution in [-0.4, -0.2) is 9.97 Å². The van der Waals surface area contributed by atoms with E-state index in [0.29, 0.717) is 6.54 Å². The highest BCUT2D eigenvalue weighted by Gasteiger charge is 2.01. The molecule has 2 aromatic rings. The Bertz CT molecular complexity index is 471. The molecule has 82 valence electrons. The molecule has 0 atom stereocenters. The highest BCUT2D eigenvalue weighted by Crippen LogP contribution is 2.23. The third-order valence-corrected chi connectivity index (χ3v) is 2.75. The van der Waals surface area contributed by atoms with E-state index in [2.05, 4.69) is 15.3 Å². The van der Waals surface area contributed by atoms with E-state index in [4.69, 9.17) is 11.6 Å². The predicted octanol–water partition coefficient (Wildman–Crippen LogP) is 3.05. The van der Waals surface area contributed by atoms with E-state index in [1.165, 1.54) is 0 Å². The van der Waals surface area contributed by atoms with Gasteiger partial charge in [-0.1, -0.05) is 17.7 Å². The topological polar surface area (TPSA) is 37.8 Å². The van der Waals surface area contributed by atoms with Crippen LogP contribution in [0.5, 0.6) is 0 Å². The van der Waals surface area contributed by atoms with Crippen molar-refractivity contribution in [2.45, 2.75) is 13.5 Å². The third-order valence-electron chi connectivity index (χ3n) is 2.34. The van der Waals surface area contributed by atoms with Crippen molar-refractivity contribution < 1.29 is 0 Å². The molecule has 0 bridgehead atoms. The summed E-state index contributed by atoms with van der Waals surface area (Å²) in [7, 11) is 0. The van der Waals surface area contributed by atoms with Crippen LogP contribution in [0.2, 0.25) is 5.02 Å². The van der Waals surface area contributed by atoms with Gasteiger partial charge in [0, 0.05) is 23.1 Å². The zero-order valence-electron chi connectivity index (χ0n) is 8.94. The van der Waals surface area contributed by atoms with Gasteiger partial charge in [0.05, 0.1) is 18.4 Å². The van der Waals surface area contributed by atoms with Gasteiger partial charge in [0.2, 0.25) is 0 Å². The maximum Gasteiger partial charge on any atom is 0.0777 e. The molecule has 0 radical (unpaired) electrons. The zero-order valence-corrected chi connectivity index (χ0v) is 9.70. The van der Waals surface area contributed by atoms with E-state index in [1.807, 2.05) is 25.1 Å². The number of benzene rings is 1. The van der Waals surface area contributed by atoms with E-state index in [-0.39, 0.29) is 0 Å². The first-order valence-corrected chi connectivity index (χ1v) is 5.39. The molecule has 1 heterocycles. The van der Waals surface area contributed by atoms with Crippen LogP contribution in [0.3, 0.4) is 0 Å². The molecule has 0 fully saturated rings. The van der Waals surface area contributed by atoms with E-state index >= 15 is 0 Å². The van der Waals surface area contributed by atoms with Gasteiger partial charge in [-0.2, -0.15) is 0 Å². The van der Waals surface area contributed by atoms with E-state index < -0.39 is 0 Å². The standard InChI is InChI=1S/C12H12ClN3/c1-9-11(13)3-2-4-12(9)16-8-10-7-14-5-6-15-10/h2-7,16H,8H2,1H3. The second-order valence-electron chi connectivity index (χ2n) is 3.46. The number of rotatable bonds is 3. The fourth-order valence-corrected chi connectivity index (χ4v) is 1.58. The Morgan fingerprint density at radius 3 is 2.94 bits per heavy atom. The van der Waals surface area contributed by atoms with Crippen LogP contribution < -0.4 is 5.32 Å². The lowest BCUT2D eigenvalue weighted by Crippen LogP contribution is -2.03. The molecule has 0 aliphatic carbocycles. The van der Waals surface area contributed by atoms with Gasteiger partial charge in [0.15, 0.2) is 0 Å². The van der Waals surface area contributed by atoms with E-state index in [0.717, 1.165) is 22.0 Å². The van der Waals surface area contributed by atoms with Crippen molar-refractivity contribution in [2.24, 2.45) is 0 Å². The molecular formula is C12H12ClN3. The van der Waals surface area contributed by atoms with Crippen LogP contribution in [0.1, 0.15) is 11.3 Å². The van der Waals surface area contributed by atoms with Gasteiger partial charge >= 0.3 is 0 Å². The number of anilines is 1. The van der Waals surface area contributed by atoms with Gasteiger partial charge in [0.25, 0.3) is 0 Å². The maximum absolute atomic E-state index is 6.03. The normalized spacial score (nSPS) is 10.1. The Labute approximate surface area is 99.5 Å². The second kappa shape index (κ2) is 4.94. The molecule has 2 rings (SSSR count). The summed E-state index contributed by atoms with van der Waals surface area (Å²) in [5.74, 6) is 0. The molecule has 0 saturated carbocycles. The quantitative estimate of drug-likeness (QED) is 0.886. The summed E-state index contributed by atoms with van der Waals surface area (Å²) in [6.07, 6.45) is 5.09. The Morgan fingerprint density at radius 1 is 1.31 bits per heavy atom. The maximum atomic E-state index is 6.03. The summed E-state index contributed by atoms with van der Waals surface area (Å²) < 4.78 is 0. The molecule has 0 aliphatic heterocycles. The Hall–Kier alpha value is -1.61. The van der Waals surface area contributed by atoms with Gasteiger partial charge in [-0.25, -0.2) is 0 Å². The van der Waals surface area contributed by atoms with Crippen molar-refractivity contribution in [2.75, 3.05) is 5.32 Å². The van der Waals surface area contributed by atoms with E-state index in [9.17, 15) is 0 Å². The molecule has 16 heavy (non-hydrogen) atoms. The van der Waals surface area contributed by atoms with Gasteiger partial charge < -0.3 is 5.32 Å². The molecule has 0 aliphatic rings. The van der Waals surface area contributed by atoms with Crippen molar-refractivity contribution in [3.05, 3.63) is 53.1 Å². The Kier molecular flexibility index (Phi) is 3.37. The first-order valence-electron chi connectivity index (χ1n) is 5.01. The minimum atomic E-state index is 0.648. The highest BCUT2D eigenvalue weighted by molar-refractivity contribution is 6.31. The van der Waals surface area contributed by atoms with Crippen molar-refractivity contribution in [3.63, 3.8) is 0 Å². The summed E-state index contributed by atoms with van der Waals surface area (Å²) in [5.41, 5.74) is 2.98. The predicted molar refractivity (Wildman–Crippen MR) is 65.5 cm³/mol. The third kappa shape index (κ3) is 2.49. The Balaban J connectivity index is 2.08. The minimum Gasteiger partial charge on any atom is -0.379 e. The molecule has 0 saturated heterocycles. The Morgan fingerprint density at radius 2 is 2.19 bits per heavy atom. The van der Waals surface area contributed by atoms with Crippen LogP contribution in [0, 0.1) is 6.92 Å². The van der Waals surface area contributed by atoms with Gasteiger partial charge in [-0.05, 0) is 24.6 Å². The zero-order chi connectivity index (χ0) is 11.4. The fourth-order valence-electron chi connectivity index (χ4n) is 1.41. The average molecular weight is 234 g/mol. The second-order valence-corrected chi connectivity index (χ2v) is 3.87. The molecule has 1 aromatic carbocycles. The van der Waals surface area contributed by atoms with Crippen LogP contribution in [-0.2, 0) is 6.54 Å². The largest absolute Gasteiger partial charge is 0.379 e. The highest BCUT2D eigenvalue weighted by atomic mass is 35.5. The van der Waals surface area contributed by atoms with Gasteiger partial charge in [-0.3, -0.25) is 9.97 Å². The van der Waals surface area contributed by atoms with Crippen molar-refractivity contribution in [1.29, 1.82) is 0 Å². The summed E-state index contributed by atoms with van der Waals surface area (Å²) >= 11 is 6.03. The van der Waals surface area contributed by atoms with Gasteiger partial charge in [0.1, 0.15) is 0 Å². The van der Waals surface area contributed by atoms with E-state index in [1.54, 1.807) is 18.6 Å². The smallest absolute Gasteiger partial charge is 0.0777 e. The lowest BCUT2D eigenvalue weighted by molar-refractivity contribution is 1.01. The SMILES string of the molecule is Cc1c(Cl)cccc1NCc1cnccn1. The number of nitrogens with one attached hydrogen (secondary N) is 1. The summed E-state index contributed by atoms with van der Waals surface area (Å²) in [6.45, 7) is 2.64. The molecular weight excluding hydrogens is 222 g/mol. The van der Waals surface area contributed by atoms with Crippen molar-refractivity contribution >= 4 is 17.3 Å². The number of hydrogen-bond acceptors (Lipinski definition) is 3. The first kappa shape index (κ1) is 10.9. The molecule has 1 N–H and O–H groups in total. The van der Waals surface area contributed by atoms with Crippen molar-refractivity contribution in [3.8, 4) is 0 Å². The summed E-state index contributed by atoms with van der Waals surface area (Å²) in [5, 5.41) is 4.05. The molecule has 0 unspecified atom stereocenters. The lowest BCUT2D eigenvalue weighted by atomic mass is 10.2. The van der Waals surface area contributed by atoms with Crippen LogP contribution in [0.25, 0.3) is 0 Å². The number of hydrogen-bond donors (Lipinski definition) is 1. The first-order chi connectivity index (χ1) is 7.77. The molecule has 1 aromatic heterocycles. The number of halogens is 1. The van der Waals surface area contributed by atoms with Gasteiger partial charge in [-0.15, -0.1) is 0 Å². The monoisotopic (exact) mass is 233 g/mol. The summed E-state index contributed by atoms with van der Waals surface area (Å²) in [6, 6.07) is 5.80. The number of aromatic nitrogens is 2. The molecule has 4 heteroatoms. The summed E-state index contributed by atoms with van der Waals surface area (Å²) in [4.78, 5) is 8.20.